The number of nitrogens with one attached hydrogen (secondary N) is 1. The molecule has 2 aromatic carbocycles. The number of rotatable bonds is 4. The van der Waals surface area contributed by atoms with Gasteiger partial charge in [0.1, 0.15) is 5.82 Å². The molecule has 3 aromatic rings. The molecule has 0 radical (unpaired) electrons. The van der Waals surface area contributed by atoms with Crippen molar-refractivity contribution in [2.45, 2.75) is 38.6 Å². The molecule has 4 nitrogen and oxygen atoms in total. The van der Waals surface area contributed by atoms with Crippen LogP contribution < -0.4 is 11.1 Å². The Kier molecular flexibility index (Phi) is 5.71. The molecule has 1 fully saturated rings. The first-order valence-electron chi connectivity index (χ1n) is 11.8. The third kappa shape index (κ3) is 3.91. The lowest BCUT2D eigenvalue weighted by molar-refractivity contribution is 0.157. The van der Waals surface area contributed by atoms with E-state index < -0.39 is 0 Å². The highest BCUT2D eigenvalue weighted by Gasteiger charge is 2.22. The van der Waals surface area contributed by atoms with Crippen molar-refractivity contribution in [1.82, 2.24) is 15.2 Å². The summed E-state index contributed by atoms with van der Waals surface area (Å²) in [5.74, 6) is 0.568. The van der Waals surface area contributed by atoms with Crippen LogP contribution in [0.15, 0.2) is 61.3 Å². The van der Waals surface area contributed by atoms with Crippen LogP contribution in [0.3, 0.4) is 0 Å². The molecule has 1 unspecified atom stereocenters. The van der Waals surface area contributed by atoms with E-state index in [1.807, 2.05) is 6.20 Å². The second-order valence-electron chi connectivity index (χ2n) is 8.95. The van der Waals surface area contributed by atoms with Crippen LogP contribution in [0, 0.1) is 0 Å². The predicted molar refractivity (Wildman–Crippen MR) is 134 cm³/mol. The number of nitrogens with zero attached hydrogens (tertiary/aromatic N) is 2. The van der Waals surface area contributed by atoms with E-state index in [2.05, 4.69) is 77.2 Å². The summed E-state index contributed by atoms with van der Waals surface area (Å²) in [6.07, 6.45) is 6.76. The van der Waals surface area contributed by atoms with Crippen LogP contribution in [-0.4, -0.2) is 29.5 Å². The Morgan fingerprint density at radius 1 is 1.03 bits per heavy atom. The number of nitrogens with two attached hydrogens (primary N) is 1. The molecule has 5 rings (SSSR count). The fourth-order valence-corrected chi connectivity index (χ4v) is 5.21. The van der Waals surface area contributed by atoms with Crippen LogP contribution in [0.1, 0.15) is 48.9 Å². The molecule has 4 heteroatoms. The highest BCUT2D eigenvalue weighted by molar-refractivity contribution is 5.81. The smallest absolute Gasteiger partial charge is 0.131 e. The van der Waals surface area contributed by atoms with E-state index in [0.717, 1.165) is 41.9 Å². The molecule has 0 spiro atoms. The predicted octanol–water partition coefficient (Wildman–Crippen LogP) is 5.66. The maximum Gasteiger partial charge on any atom is 0.131 e. The number of likely N-dealkylation sites (tertiary alicyclic amines) is 1. The van der Waals surface area contributed by atoms with E-state index in [9.17, 15) is 0 Å². The minimum absolute atomic E-state index is 0.544. The molecule has 1 saturated heterocycles. The number of pyridine rings is 1. The van der Waals surface area contributed by atoms with Gasteiger partial charge in [-0.3, -0.25) is 4.90 Å². The van der Waals surface area contributed by atoms with E-state index in [-0.39, 0.29) is 0 Å². The van der Waals surface area contributed by atoms with Crippen molar-refractivity contribution in [2.24, 2.45) is 0 Å². The fourth-order valence-electron chi connectivity index (χ4n) is 5.21. The number of nitrogen functional groups attached to an aromatic ring is 1. The summed E-state index contributed by atoms with van der Waals surface area (Å²) in [4.78, 5) is 7.13. The molecule has 1 aromatic heterocycles. The molecule has 32 heavy (non-hydrogen) atoms. The second kappa shape index (κ2) is 8.79. The van der Waals surface area contributed by atoms with Crippen LogP contribution in [0.4, 0.5) is 5.82 Å². The monoisotopic (exact) mass is 424 g/mol. The highest BCUT2D eigenvalue weighted by Crippen LogP contribution is 2.35. The number of anilines is 1. The number of aromatic nitrogens is 1. The summed E-state index contributed by atoms with van der Waals surface area (Å²) in [5, 5.41) is 3.34. The summed E-state index contributed by atoms with van der Waals surface area (Å²) in [6.45, 7) is 9.64. The minimum Gasteiger partial charge on any atom is -0.385 e. The molecule has 0 bridgehead atoms. The van der Waals surface area contributed by atoms with Crippen LogP contribution in [0.5, 0.6) is 0 Å². The molecular formula is C28H32N4. The molecule has 0 amide bonds. The average Bonchev–Trinajstić information content (AvgIpc) is 2.84. The van der Waals surface area contributed by atoms with Gasteiger partial charge < -0.3 is 11.1 Å². The maximum atomic E-state index is 6.31. The zero-order chi connectivity index (χ0) is 22.1. The van der Waals surface area contributed by atoms with Crippen molar-refractivity contribution in [3.63, 3.8) is 0 Å². The first-order valence-corrected chi connectivity index (χ1v) is 11.8. The first-order chi connectivity index (χ1) is 15.6. The Labute approximate surface area is 191 Å². The quantitative estimate of drug-likeness (QED) is 0.567. The van der Waals surface area contributed by atoms with Crippen LogP contribution in [0.2, 0.25) is 0 Å². The van der Waals surface area contributed by atoms with E-state index in [4.69, 9.17) is 5.73 Å². The lowest BCUT2D eigenvalue weighted by atomic mass is 9.92. The van der Waals surface area contributed by atoms with Gasteiger partial charge in [0, 0.05) is 41.2 Å². The van der Waals surface area contributed by atoms with Gasteiger partial charge in [-0.1, -0.05) is 62.4 Å². The Hall–Kier alpha value is -3.11. The third-order valence-corrected chi connectivity index (χ3v) is 7.04. The molecule has 0 saturated carbocycles. The van der Waals surface area contributed by atoms with Crippen molar-refractivity contribution in [1.29, 1.82) is 0 Å². The first kappa shape index (κ1) is 20.8. The summed E-state index contributed by atoms with van der Waals surface area (Å²) in [5.41, 5.74) is 15.6. The normalized spacial score (nSPS) is 18.8. The largest absolute Gasteiger partial charge is 0.385 e. The SMILES string of the molecule is C=C1NCCc2cc(-c3cc(-c4ccc(C5CCCCN5CC)cc4)cnc3N)ccc21. The van der Waals surface area contributed by atoms with Crippen molar-refractivity contribution < 1.29 is 0 Å². The molecule has 2 aliphatic rings. The van der Waals surface area contributed by atoms with Crippen molar-refractivity contribution in [3.05, 3.63) is 78.0 Å². The van der Waals surface area contributed by atoms with Gasteiger partial charge in [-0.15, -0.1) is 0 Å². The number of benzene rings is 2. The Bertz CT molecular complexity index is 1130. The maximum absolute atomic E-state index is 6.31. The number of hydrogen-bond donors (Lipinski definition) is 2. The topological polar surface area (TPSA) is 54.2 Å². The Morgan fingerprint density at radius 2 is 1.84 bits per heavy atom. The van der Waals surface area contributed by atoms with Gasteiger partial charge in [-0.05, 0) is 60.7 Å². The van der Waals surface area contributed by atoms with Crippen molar-refractivity contribution in [2.75, 3.05) is 25.4 Å². The summed E-state index contributed by atoms with van der Waals surface area (Å²) >= 11 is 0. The average molecular weight is 425 g/mol. The van der Waals surface area contributed by atoms with Crippen molar-refractivity contribution >= 4 is 11.5 Å². The lowest BCUT2D eigenvalue weighted by Gasteiger charge is -2.35. The van der Waals surface area contributed by atoms with Crippen LogP contribution >= 0.6 is 0 Å². The minimum atomic E-state index is 0.544. The molecular weight excluding hydrogens is 392 g/mol. The third-order valence-electron chi connectivity index (χ3n) is 7.04. The highest BCUT2D eigenvalue weighted by atomic mass is 15.2. The van der Waals surface area contributed by atoms with Gasteiger partial charge in [-0.2, -0.15) is 0 Å². The van der Waals surface area contributed by atoms with E-state index in [0.29, 0.717) is 11.9 Å². The van der Waals surface area contributed by atoms with E-state index in [1.54, 1.807) is 0 Å². The van der Waals surface area contributed by atoms with Gasteiger partial charge in [0.2, 0.25) is 0 Å². The summed E-state index contributed by atoms with van der Waals surface area (Å²) < 4.78 is 0. The van der Waals surface area contributed by atoms with Crippen LogP contribution in [-0.2, 0) is 6.42 Å². The number of hydrogen-bond acceptors (Lipinski definition) is 4. The molecule has 0 aliphatic carbocycles. The molecule has 1 atom stereocenters. The van der Waals surface area contributed by atoms with Gasteiger partial charge in [0.05, 0.1) is 0 Å². The molecule has 2 aliphatic heterocycles. The fraction of sp³-hybridized carbons (Fsp3) is 0.321. The zero-order valence-electron chi connectivity index (χ0n) is 18.9. The van der Waals surface area contributed by atoms with Gasteiger partial charge in [0.15, 0.2) is 0 Å². The molecule has 3 N–H and O–H groups in total. The Morgan fingerprint density at radius 3 is 2.66 bits per heavy atom. The van der Waals surface area contributed by atoms with E-state index in [1.165, 1.54) is 48.1 Å². The number of fused-ring (bicyclic) bond motifs is 1. The summed E-state index contributed by atoms with van der Waals surface area (Å²) in [7, 11) is 0. The van der Waals surface area contributed by atoms with E-state index >= 15 is 0 Å². The summed E-state index contributed by atoms with van der Waals surface area (Å²) in [6, 6.07) is 18.3. The number of piperidine rings is 1. The second-order valence-corrected chi connectivity index (χ2v) is 8.95. The van der Waals surface area contributed by atoms with Gasteiger partial charge in [-0.25, -0.2) is 4.98 Å². The molecule has 164 valence electrons. The zero-order valence-corrected chi connectivity index (χ0v) is 18.9. The van der Waals surface area contributed by atoms with Gasteiger partial charge >= 0.3 is 0 Å². The Balaban J connectivity index is 1.45. The van der Waals surface area contributed by atoms with Crippen molar-refractivity contribution in [3.8, 4) is 22.3 Å². The van der Waals surface area contributed by atoms with Gasteiger partial charge in [0.25, 0.3) is 0 Å². The lowest BCUT2D eigenvalue weighted by Crippen LogP contribution is -2.33. The van der Waals surface area contributed by atoms with Crippen LogP contribution in [0.25, 0.3) is 28.0 Å². The molecule has 3 heterocycles. The standard InChI is InChI=1S/C28H32N4/c1-3-32-15-5-4-6-27(32)21-9-7-20(8-10-21)24-17-26(28(29)31-18-24)22-11-12-25-19(2)30-14-13-23(25)16-22/h7-12,16-18,27,30H,2-6,13-15H2,1H3,(H2,29,31).